The Morgan fingerprint density at radius 2 is 1.57 bits per heavy atom. The largest absolute Gasteiger partial charge is 0.489 e. The summed E-state index contributed by atoms with van der Waals surface area (Å²) in [6.45, 7) is 12.9. The van der Waals surface area contributed by atoms with Crippen molar-refractivity contribution in [2.24, 2.45) is 0 Å². The third-order valence-corrected chi connectivity index (χ3v) is 5.41. The van der Waals surface area contributed by atoms with Gasteiger partial charge in [0.05, 0.1) is 0 Å². The molecule has 0 spiro atoms. The molecule has 2 nitrogen and oxygen atoms in total. The van der Waals surface area contributed by atoms with Crippen molar-refractivity contribution in [1.82, 2.24) is 0 Å². The normalized spacial score (nSPS) is 19.8. The molecule has 122 valence electrons. The van der Waals surface area contributed by atoms with Gasteiger partial charge in [0.1, 0.15) is 11.9 Å². The molecular formula is C21H27NO. The predicted octanol–water partition coefficient (Wildman–Crippen LogP) is 5.23. The van der Waals surface area contributed by atoms with Crippen LogP contribution in [0.5, 0.6) is 5.75 Å². The van der Waals surface area contributed by atoms with Crippen LogP contribution in [0.2, 0.25) is 0 Å². The van der Waals surface area contributed by atoms with Gasteiger partial charge >= 0.3 is 0 Å². The second-order valence-corrected chi connectivity index (χ2v) is 7.15. The van der Waals surface area contributed by atoms with Gasteiger partial charge in [-0.1, -0.05) is 38.1 Å². The number of anilines is 1. The Labute approximate surface area is 139 Å². The van der Waals surface area contributed by atoms with Crippen molar-refractivity contribution >= 4 is 5.69 Å². The lowest BCUT2D eigenvalue weighted by Gasteiger charge is -2.19. The fourth-order valence-corrected chi connectivity index (χ4v) is 3.71. The molecule has 0 aromatic heterocycles. The first-order valence-corrected chi connectivity index (χ1v) is 8.48. The minimum absolute atomic E-state index is 0.133. The summed E-state index contributed by atoms with van der Waals surface area (Å²) in [5.41, 5.74) is 14.7. The van der Waals surface area contributed by atoms with Gasteiger partial charge < -0.3 is 10.5 Å². The second-order valence-electron chi connectivity index (χ2n) is 7.15. The molecule has 1 aliphatic rings. The fraction of sp³-hybridized carbons (Fsp3) is 0.429. The van der Waals surface area contributed by atoms with Crippen LogP contribution in [0.25, 0.3) is 0 Å². The van der Waals surface area contributed by atoms with E-state index in [-0.39, 0.29) is 12.0 Å². The number of hydrogen-bond donors (Lipinski definition) is 1. The molecule has 0 saturated carbocycles. The summed E-state index contributed by atoms with van der Waals surface area (Å²) in [6.07, 6.45) is 0.133. The van der Waals surface area contributed by atoms with Crippen LogP contribution in [0.1, 0.15) is 66.0 Å². The van der Waals surface area contributed by atoms with Crippen LogP contribution < -0.4 is 10.5 Å². The highest BCUT2D eigenvalue weighted by Crippen LogP contribution is 2.48. The number of hydrogen-bond acceptors (Lipinski definition) is 2. The summed E-state index contributed by atoms with van der Waals surface area (Å²) in [5.74, 6) is 1.85. The lowest BCUT2D eigenvalue weighted by molar-refractivity contribution is 0.237. The highest BCUT2D eigenvalue weighted by molar-refractivity contribution is 5.68. The molecule has 2 aromatic carbocycles. The Kier molecular flexibility index (Phi) is 3.87. The van der Waals surface area contributed by atoms with Gasteiger partial charge in [0.25, 0.3) is 0 Å². The molecule has 23 heavy (non-hydrogen) atoms. The Morgan fingerprint density at radius 1 is 0.957 bits per heavy atom. The van der Waals surface area contributed by atoms with Crippen LogP contribution in [0.15, 0.2) is 24.3 Å². The molecule has 0 aliphatic carbocycles. The summed E-state index contributed by atoms with van der Waals surface area (Å²) >= 11 is 0. The molecule has 0 fully saturated rings. The fourth-order valence-electron chi connectivity index (χ4n) is 3.71. The van der Waals surface area contributed by atoms with E-state index >= 15 is 0 Å². The molecule has 1 heterocycles. The summed E-state index contributed by atoms with van der Waals surface area (Å²) < 4.78 is 6.24. The molecule has 2 aromatic rings. The van der Waals surface area contributed by atoms with Crippen LogP contribution in [0, 0.1) is 20.8 Å². The molecule has 0 amide bonds. The van der Waals surface area contributed by atoms with Gasteiger partial charge in [-0.25, -0.2) is 0 Å². The summed E-state index contributed by atoms with van der Waals surface area (Å²) in [4.78, 5) is 0. The van der Waals surface area contributed by atoms with Gasteiger partial charge in [0, 0.05) is 17.2 Å². The average molecular weight is 309 g/mol. The average Bonchev–Trinajstić information content (AvgIpc) is 2.88. The van der Waals surface area contributed by atoms with Crippen molar-refractivity contribution in [2.45, 2.75) is 59.5 Å². The maximum absolute atomic E-state index is 6.35. The first kappa shape index (κ1) is 15.9. The third-order valence-electron chi connectivity index (χ3n) is 5.41. The van der Waals surface area contributed by atoms with Crippen LogP contribution in [-0.4, -0.2) is 6.10 Å². The zero-order chi connectivity index (χ0) is 16.9. The maximum Gasteiger partial charge on any atom is 0.127 e. The van der Waals surface area contributed by atoms with Gasteiger partial charge in [-0.05, 0) is 61.4 Å². The quantitative estimate of drug-likeness (QED) is 0.771. The van der Waals surface area contributed by atoms with Crippen LogP contribution in [0.3, 0.4) is 0 Å². The molecule has 0 radical (unpaired) electrons. The Hall–Kier alpha value is -1.96. The highest BCUT2D eigenvalue weighted by atomic mass is 16.5. The SMILES string of the molecule is Cc1c(C)c2c(c(C)c1N)[C@@H](c1ccc(C(C)C)cc1)[C@@H](C)O2. The monoisotopic (exact) mass is 309 g/mol. The zero-order valence-corrected chi connectivity index (χ0v) is 15.0. The maximum atomic E-state index is 6.35. The zero-order valence-electron chi connectivity index (χ0n) is 15.0. The summed E-state index contributed by atoms with van der Waals surface area (Å²) in [5, 5.41) is 0. The molecule has 0 saturated heterocycles. The van der Waals surface area contributed by atoms with Crippen LogP contribution >= 0.6 is 0 Å². The van der Waals surface area contributed by atoms with E-state index in [0.717, 1.165) is 17.0 Å². The Bertz CT molecular complexity index is 744. The van der Waals surface area contributed by atoms with Gasteiger partial charge in [-0.3, -0.25) is 0 Å². The van der Waals surface area contributed by atoms with E-state index in [9.17, 15) is 0 Å². The number of fused-ring (bicyclic) bond motifs is 1. The minimum Gasteiger partial charge on any atom is -0.489 e. The van der Waals surface area contributed by atoms with Crippen molar-refractivity contribution in [1.29, 1.82) is 0 Å². The predicted molar refractivity (Wildman–Crippen MR) is 97.5 cm³/mol. The lowest BCUT2D eigenvalue weighted by atomic mass is 9.83. The lowest BCUT2D eigenvalue weighted by Crippen LogP contribution is -2.15. The van der Waals surface area contributed by atoms with Gasteiger partial charge in [0.15, 0.2) is 0 Å². The first-order chi connectivity index (χ1) is 10.8. The molecule has 1 aliphatic heterocycles. The molecule has 2 heteroatoms. The van der Waals surface area contributed by atoms with Crippen LogP contribution in [-0.2, 0) is 0 Å². The van der Waals surface area contributed by atoms with E-state index in [1.165, 1.54) is 27.8 Å². The number of ether oxygens (including phenoxy) is 1. The standard InChI is InChI=1S/C21H27NO/c1-11(2)16-7-9-17(10-8-16)19-15(6)23-21-13(4)12(3)20(22)14(5)18(19)21/h7-11,15,19H,22H2,1-6H3/t15-,19-/m1/s1. The van der Waals surface area contributed by atoms with Gasteiger partial charge in [-0.2, -0.15) is 0 Å². The molecule has 0 unspecified atom stereocenters. The summed E-state index contributed by atoms with van der Waals surface area (Å²) in [6, 6.07) is 8.98. The molecular weight excluding hydrogens is 282 g/mol. The Balaban J connectivity index is 2.14. The number of rotatable bonds is 2. The van der Waals surface area contributed by atoms with Crippen molar-refractivity contribution in [2.75, 3.05) is 5.73 Å². The van der Waals surface area contributed by atoms with E-state index in [0.29, 0.717) is 5.92 Å². The minimum atomic E-state index is 0.133. The van der Waals surface area contributed by atoms with Gasteiger partial charge in [0.2, 0.25) is 0 Å². The number of nitrogens with two attached hydrogens (primary N) is 1. The third kappa shape index (κ3) is 2.41. The van der Waals surface area contributed by atoms with E-state index < -0.39 is 0 Å². The van der Waals surface area contributed by atoms with Crippen LogP contribution in [0.4, 0.5) is 5.69 Å². The second kappa shape index (κ2) is 5.59. The highest BCUT2D eigenvalue weighted by Gasteiger charge is 2.36. The van der Waals surface area contributed by atoms with E-state index in [2.05, 4.69) is 65.8 Å². The molecule has 2 atom stereocenters. The van der Waals surface area contributed by atoms with Crippen molar-refractivity contribution in [3.63, 3.8) is 0 Å². The molecule has 2 N–H and O–H groups in total. The van der Waals surface area contributed by atoms with Crippen molar-refractivity contribution in [3.8, 4) is 5.75 Å². The van der Waals surface area contributed by atoms with Gasteiger partial charge in [-0.15, -0.1) is 0 Å². The smallest absolute Gasteiger partial charge is 0.127 e. The van der Waals surface area contributed by atoms with Crippen molar-refractivity contribution in [3.05, 3.63) is 57.6 Å². The van der Waals surface area contributed by atoms with E-state index in [1.54, 1.807) is 0 Å². The number of benzene rings is 2. The first-order valence-electron chi connectivity index (χ1n) is 8.48. The van der Waals surface area contributed by atoms with Crippen molar-refractivity contribution < 1.29 is 4.74 Å². The Morgan fingerprint density at radius 3 is 2.13 bits per heavy atom. The summed E-state index contributed by atoms with van der Waals surface area (Å²) in [7, 11) is 0. The van der Waals surface area contributed by atoms with E-state index in [1.807, 2.05) is 0 Å². The number of nitrogen functional groups attached to an aromatic ring is 1. The molecule has 0 bridgehead atoms. The molecule has 3 rings (SSSR count). The topological polar surface area (TPSA) is 35.2 Å². The van der Waals surface area contributed by atoms with E-state index in [4.69, 9.17) is 10.5 Å².